The Morgan fingerprint density at radius 3 is 2.65 bits per heavy atom. The van der Waals surface area contributed by atoms with Gasteiger partial charge in [0.05, 0.1) is 18.5 Å². The Bertz CT molecular complexity index is 846. The minimum Gasteiger partial charge on any atom is -0.497 e. The van der Waals surface area contributed by atoms with Gasteiger partial charge in [-0.05, 0) is 42.6 Å². The first-order chi connectivity index (χ1) is 12.6. The summed E-state index contributed by atoms with van der Waals surface area (Å²) in [5.74, 6) is 2.04. The van der Waals surface area contributed by atoms with E-state index in [0.717, 1.165) is 10.6 Å². The van der Waals surface area contributed by atoms with Crippen molar-refractivity contribution in [2.75, 3.05) is 14.2 Å². The van der Waals surface area contributed by atoms with E-state index >= 15 is 0 Å². The zero-order valence-corrected chi connectivity index (χ0v) is 15.5. The first-order valence-electron chi connectivity index (χ1n) is 7.99. The lowest BCUT2D eigenvalue weighted by molar-refractivity contribution is -0.137. The highest BCUT2D eigenvalue weighted by Crippen LogP contribution is 2.22. The van der Waals surface area contributed by atoms with E-state index in [4.69, 9.17) is 14.0 Å². The summed E-state index contributed by atoms with van der Waals surface area (Å²) in [6.07, 6.45) is -0.645. The highest BCUT2D eigenvalue weighted by molar-refractivity contribution is 7.13. The number of hydrogen-bond donors (Lipinski definition) is 0. The van der Waals surface area contributed by atoms with Gasteiger partial charge in [0.25, 0.3) is 5.91 Å². The van der Waals surface area contributed by atoms with Crippen LogP contribution < -0.4 is 9.47 Å². The average Bonchev–Trinajstić information content (AvgIpc) is 3.33. The van der Waals surface area contributed by atoms with Crippen LogP contribution in [0.5, 0.6) is 11.5 Å². The third-order valence-corrected chi connectivity index (χ3v) is 4.54. The molecule has 7 nitrogen and oxygen atoms in total. The molecule has 1 aromatic carbocycles. The van der Waals surface area contributed by atoms with Crippen LogP contribution in [0.15, 0.2) is 46.3 Å². The van der Waals surface area contributed by atoms with Gasteiger partial charge >= 0.3 is 0 Å². The molecule has 0 bridgehead atoms. The first-order valence-corrected chi connectivity index (χ1v) is 8.87. The molecule has 0 saturated carbocycles. The van der Waals surface area contributed by atoms with Gasteiger partial charge in [-0.2, -0.15) is 4.98 Å². The van der Waals surface area contributed by atoms with Crippen LogP contribution in [-0.4, -0.2) is 41.2 Å². The van der Waals surface area contributed by atoms with Crippen molar-refractivity contribution in [1.29, 1.82) is 0 Å². The van der Waals surface area contributed by atoms with Crippen molar-refractivity contribution in [3.05, 3.63) is 47.7 Å². The summed E-state index contributed by atoms with van der Waals surface area (Å²) < 4.78 is 16.0. The fourth-order valence-electron chi connectivity index (χ4n) is 2.32. The van der Waals surface area contributed by atoms with E-state index in [2.05, 4.69) is 10.1 Å². The number of rotatable bonds is 7. The summed E-state index contributed by atoms with van der Waals surface area (Å²) in [6, 6.07) is 10.9. The zero-order chi connectivity index (χ0) is 18.5. The Morgan fingerprint density at radius 2 is 2.00 bits per heavy atom. The topological polar surface area (TPSA) is 77.7 Å². The Hall–Kier alpha value is -2.87. The number of carbonyl (C=O) groups excluding carboxylic acids is 1. The molecule has 0 aliphatic rings. The number of methoxy groups -OCH3 is 1. The van der Waals surface area contributed by atoms with Gasteiger partial charge in [0, 0.05) is 7.05 Å². The number of amides is 1. The van der Waals surface area contributed by atoms with Crippen molar-refractivity contribution < 1.29 is 18.8 Å². The molecule has 2 heterocycles. The van der Waals surface area contributed by atoms with Crippen molar-refractivity contribution in [2.45, 2.75) is 19.6 Å². The summed E-state index contributed by atoms with van der Waals surface area (Å²) >= 11 is 1.53. The van der Waals surface area contributed by atoms with Crippen LogP contribution in [-0.2, 0) is 11.3 Å². The van der Waals surface area contributed by atoms with Crippen molar-refractivity contribution in [3.8, 4) is 22.2 Å². The fourth-order valence-corrected chi connectivity index (χ4v) is 2.97. The molecule has 136 valence electrons. The molecule has 0 radical (unpaired) electrons. The van der Waals surface area contributed by atoms with Crippen LogP contribution in [0.3, 0.4) is 0 Å². The van der Waals surface area contributed by atoms with Gasteiger partial charge in [0.2, 0.25) is 11.7 Å². The van der Waals surface area contributed by atoms with Gasteiger partial charge in [-0.1, -0.05) is 11.2 Å². The van der Waals surface area contributed by atoms with Crippen LogP contribution >= 0.6 is 11.3 Å². The van der Waals surface area contributed by atoms with E-state index in [1.165, 1.54) is 16.2 Å². The van der Waals surface area contributed by atoms with Gasteiger partial charge in [-0.15, -0.1) is 11.3 Å². The fraction of sp³-hybridized carbons (Fsp3) is 0.278. The summed E-state index contributed by atoms with van der Waals surface area (Å²) in [5.41, 5.74) is 0. The lowest BCUT2D eigenvalue weighted by Gasteiger charge is -2.20. The van der Waals surface area contributed by atoms with Gasteiger partial charge in [-0.3, -0.25) is 4.79 Å². The number of thiophene rings is 1. The SMILES string of the molecule is COc1ccc(O[C@@H](C)C(=O)N(C)Cc2nc(-c3cccs3)no2)cc1. The molecule has 1 atom stereocenters. The van der Waals surface area contributed by atoms with E-state index in [9.17, 15) is 4.79 Å². The van der Waals surface area contributed by atoms with Crippen molar-refractivity contribution in [2.24, 2.45) is 0 Å². The van der Waals surface area contributed by atoms with Gasteiger partial charge < -0.3 is 18.9 Å². The van der Waals surface area contributed by atoms with Gasteiger partial charge in [0.15, 0.2) is 6.10 Å². The van der Waals surface area contributed by atoms with Crippen molar-refractivity contribution in [1.82, 2.24) is 15.0 Å². The third kappa shape index (κ3) is 4.20. The number of likely N-dealkylation sites (N-methyl/N-ethyl adjacent to an activating group) is 1. The summed E-state index contributed by atoms with van der Waals surface area (Å²) in [4.78, 5) is 19.2. The number of benzene rings is 1. The molecular formula is C18H19N3O4S. The largest absolute Gasteiger partial charge is 0.497 e. The molecule has 3 rings (SSSR count). The molecule has 0 spiro atoms. The van der Waals surface area contributed by atoms with Crippen molar-refractivity contribution in [3.63, 3.8) is 0 Å². The highest BCUT2D eigenvalue weighted by atomic mass is 32.1. The molecule has 26 heavy (non-hydrogen) atoms. The predicted molar refractivity (Wildman–Crippen MR) is 97.2 cm³/mol. The average molecular weight is 373 g/mol. The standard InChI is InChI=1S/C18H19N3O4S/c1-12(24-14-8-6-13(23-3)7-9-14)18(22)21(2)11-16-19-17(20-25-16)15-5-4-10-26-15/h4-10,12H,11H2,1-3H3/t12-/m0/s1. The maximum atomic E-state index is 12.5. The number of aromatic nitrogens is 2. The minimum atomic E-state index is -0.645. The Balaban J connectivity index is 1.58. The monoisotopic (exact) mass is 373 g/mol. The molecular weight excluding hydrogens is 354 g/mol. The van der Waals surface area contributed by atoms with E-state index in [-0.39, 0.29) is 12.5 Å². The second-order valence-electron chi connectivity index (χ2n) is 5.62. The van der Waals surface area contributed by atoms with Crippen molar-refractivity contribution >= 4 is 17.2 Å². The maximum absolute atomic E-state index is 12.5. The molecule has 0 fully saturated rings. The normalized spacial score (nSPS) is 11.8. The number of ether oxygens (including phenoxy) is 2. The molecule has 0 aliphatic heterocycles. The molecule has 8 heteroatoms. The summed E-state index contributed by atoms with van der Waals surface area (Å²) in [5, 5.41) is 5.89. The van der Waals surface area contributed by atoms with E-state index in [1.54, 1.807) is 45.3 Å². The summed E-state index contributed by atoms with van der Waals surface area (Å²) in [7, 11) is 3.27. The molecule has 0 saturated heterocycles. The smallest absolute Gasteiger partial charge is 0.263 e. The Kier molecular flexibility index (Phi) is 5.52. The summed E-state index contributed by atoms with van der Waals surface area (Å²) in [6.45, 7) is 1.92. The van der Waals surface area contributed by atoms with E-state index in [0.29, 0.717) is 17.5 Å². The minimum absolute atomic E-state index is 0.184. The lowest BCUT2D eigenvalue weighted by Crippen LogP contribution is -2.37. The van der Waals surface area contributed by atoms with Gasteiger partial charge in [0.1, 0.15) is 11.5 Å². The van der Waals surface area contributed by atoms with Crippen LogP contribution in [0.4, 0.5) is 0 Å². The number of hydrogen-bond acceptors (Lipinski definition) is 7. The quantitative estimate of drug-likeness (QED) is 0.633. The van der Waals surface area contributed by atoms with Crippen LogP contribution in [0, 0.1) is 0 Å². The second kappa shape index (κ2) is 8.01. The zero-order valence-electron chi connectivity index (χ0n) is 14.7. The maximum Gasteiger partial charge on any atom is 0.263 e. The third-order valence-electron chi connectivity index (χ3n) is 3.68. The van der Waals surface area contributed by atoms with E-state index < -0.39 is 6.10 Å². The number of nitrogens with zero attached hydrogens (tertiary/aromatic N) is 3. The molecule has 0 unspecified atom stereocenters. The lowest BCUT2D eigenvalue weighted by atomic mass is 10.3. The highest BCUT2D eigenvalue weighted by Gasteiger charge is 2.21. The molecule has 1 amide bonds. The van der Waals surface area contributed by atoms with Gasteiger partial charge in [-0.25, -0.2) is 0 Å². The Labute approximate surface area is 155 Å². The van der Waals surface area contributed by atoms with Crippen LogP contribution in [0.2, 0.25) is 0 Å². The second-order valence-corrected chi connectivity index (χ2v) is 6.57. The molecule has 0 aliphatic carbocycles. The molecule has 2 aromatic heterocycles. The molecule has 3 aromatic rings. The van der Waals surface area contributed by atoms with Crippen LogP contribution in [0.1, 0.15) is 12.8 Å². The molecule has 0 N–H and O–H groups in total. The van der Waals surface area contributed by atoms with Crippen LogP contribution in [0.25, 0.3) is 10.7 Å². The van der Waals surface area contributed by atoms with E-state index in [1.807, 2.05) is 17.5 Å². The Morgan fingerprint density at radius 1 is 1.27 bits per heavy atom. The first kappa shape index (κ1) is 17.9. The predicted octanol–water partition coefficient (Wildman–Crippen LogP) is 3.23. The number of carbonyl (C=O) groups is 1.